The number of rotatable bonds is 8. The van der Waals surface area contributed by atoms with Gasteiger partial charge in [-0.15, -0.1) is 0 Å². The van der Waals surface area contributed by atoms with Crippen LogP contribution in [0.5, 0.6) is 0 Å². The summed E-state index contributed by atoms with van der Waals surface area (Å²) in [5.74, 6) is 0.216. The van der Waals surface area contributed by atoms with E-state index >= 15 is 0 Å². The minimum absolute atomic E-state index is 0.111. The quantitative estimate of drug-likeness (QED) is 0.538. The minimum Gasteiger partial charge on any atom is -0.352 e. The van der Waals surface area contributed by atoms with Crippen molar-refractivity contribution in [3.8, 4) is 0 Å². The largest absolute Gasteiger partial charge is 0.352 e. The van der Waals surface area contributed by atoms with E-state index < -0.39 is 6.03 Å². The van der Waals surface area contributed by atoms with Gasteiger partial charge in [-0.25, -0.2) is 4.79 Å². The maximum Gasteiger partial charge on any atom is 0.312 e. The van der Waals surface area contributed by atoms with Crippen LogP contribution < -0.4 is 16.4 Å². The third-order valence-corrected chi connectivity index (χ3v) is 2.24. The number of amides is 2. The molecule has 1 atom stereocenters. The van der Waals surface area contributed by atoms with E-state index in [1.165, 1.54) is 0 Å². The number of hydrogen-bond acceptors (Lipinski definition) is 3. The zero-order valence-corrected chi connectivity index (χ0v) is 10.4. The van der Waals surface area contributed by atoms with E-state index in [1.807, 2.05) is 20.8 Å². The van der Waals surface area contributed by atoms with Crippen LogP contribution in [0.2, 0.25) is 0 Å². The number of carbonyl (C=O) groups excluding carboxylic acids is 2. The predicted octanol–water partition coefficient (Wildman–Crippen LogP) is 0.781. The molecular formula is C11H23N3O2. The molecule has 5 heteroatoms. The van der Waals surface area contributed by atoms with E-state index in [9.17, 15) is 9.59 Å². The van der Waals surface area contributed by atoms with Crippen molar-refractivity contribution in [3.63, 3.8) is 0 Å². The fourth-order valence-electron chi connectivity index (χ4n) is 1.50. The molecule has 0 aromatic carbocycles. The van der Waals surface area contributed by atoms with Crippen molar-refractivity contribution in [2.75, 3.05) is 6.54 Å². The van der Waals surface area contributed by atoms with Gasteiger partial charge in [-0.1, -0.05) is 20.8 Å². The monoisotopic (exact) mass is 229 g/mol. The standard InChI is InChI=1S/C11H23N3O2/c1-4-10(15)9(14-8(2)3)6-5-7-13-11(12)16/h8-9,14H,4-7H2,1-3H3,(H3,12,13,16)/t9-/m1/s1. The van der Waals surface area contributed by atoms with Crippen molar-refractivity contribution in [2.45, 2.75) is 52.1 Å². The highest BCUT2D eigenvalue weighted by Gasteiger charge is 2.16. The molecule has 5 nitrogen and oxygen atoms in total. The number of Topliss-reactive ketones (excluding diaryl/α,β-unsaturated/α-hetero) is 1. The van der Waals surface area contributed by atoms with Crippen molar-refractivity contribution in [1.29, 1.82) is 0 Å². The summed E-state index contributed by atoms with van der Waals surface area (Å²) in [4.78, 5) is 22.0. The molecule has 0 aliphatic carbocycles. The Morgan fingerprint density at radius 1 is 1.31 bits per heavy atom. The van der Waals surface area contributed by atoms with Gasteiger partial charge in [0.2, 0.25) is 0 Å². The van der Waals surface area contributed by atoms with Gasteiger partial charge in [0.05, 0.1) is 6.04 Å². The number of primary amides is 1. The second kappa shape index (κ2) is 8.10. The van der Waals surface area contributed by atoms with Gasteiger partial charge >= 0.3 is 6.03 Å². The van der Waals surface area contributed by atoms with Gasteiger partial charge in [-0.05, 0) is 12.8 Å². The predicted molar refractivity (Wildman–Crippen MR) is 64.2 cm³/mol. The van der Waals surface area contributed by atoms with E-state index in [-0.39, 0.29) is 17.9 Å². The molecule has 0 unspecified atom stereocenters. The molecule has 0 spiro atoms. The van der Waals surface area contributed by atoms with Crippen molar-refractivity contribution < 1.29 is 9.59 Å². The lowest BCUT2D eigenvalue weighted by Gasteiger charge is -2.19. The molecular weight excluding hydrogens is 206 g/mol. The molecule has 0 saturated carbocycles. The Morgan fingerprint density at radius 3 is 2.38 bits per heavy atom. The fourth-order valence-corrected chi connectivity index (χ4v) is 1.50. The first kappa shape index (κ1) is 14.9. The van der Waals surface area contributed by atoms with E-state index in [4.69, 9.17) is 5.73 Å². The molecule has 94 valence electrons. The summed E-state index contributed by atoms with van der Waals surface area (Å²) < 4.78 is 0. The molecule has 0 rings (SSSR count). The van der Waals surface area contributed by atoms with Gasteiger partial charge in [0.1, 0.15) is 5.78 Å². The van der Waals surface area contributed by atoms with E-state index in [0.29, 0.717) is 13.0 Å². The average Bonchev–Trinajstić information content (AvgIpc) is 2.20. The smallest absolute Gasteiger partial charge is 0.312 e. The first-order chi connectivity index (χ1) is 7.47. The summed E-state index contributed by atoms with van der Waals surface area (Å²) in [6.07, 6.45) is 2.01. The Kier molecular flexibility index (Phi) is 7.54. The first-order valence-corrected chi connectivity index (χ1v) is 5.79. The second-order valence-electron chi connectivity index (χ2n) is 4.13. The fraction of sp³-hybridized carbons (Fsp3) is 0.818. The van der Waals surface area contributed by atoms with Crippen LogP contribution in [0.1, 0.15) is 40.0 Å². The lowest BCUT2D eigenvalue weighted by Crippen LogP contribution is -2.41. The molecule has 0 saturated heterocycles. The van der Waals surface area contributed by atoms with Crippen molar-refractivity contribution in [2.24, 2.45) is 5.73 Å². The number of nitrogens with one attached hydrogen (secondary N) is 2. The van der Waals surface area contributed by atoms with Gasteiger partial charge in [0.25, 0.3) is 0 Å². The maximum atomic E-state index is 11.6. The van der Waals surface area contributed by atoms with E-state index in [1.54, 1.807) is 0 Å². The van der Waals surface area contributed by atoms with E-state index in [0.717, 1.165) is 12.8 Å². The molecule has 16 heavy (non-hydrogen) atoms. The molecule has 0 aliphatic heterocycles. The van der Waals surface area contributed by atoms with Crippen LogP contribution in [0.15, 0.2) is 0 Å². The molecule has 0 fully saturated rings. The molecule has 0 bridgehead atoms. The molecule has 4 N–H and O–H groups in total. The minimum atomic E-state index is -0.518. The number of ketones is 1. The van der Waals surface area contributed by atoms with Gasteiger partial charge < -0.3 is 16.4 Å². The molecule has 0 aromatic rings. The Bertz CT molecular complexity index is 229. The Labute approximate surface area is 97.2 Å². The van der Waals surface area contributed by atoms with Crippen LogP contribution >= 0.6 is 0 Å². The van der Waals surface area contributed by atoms with E-state index in [2.05, 4.69) is 10.6 Å². The molecule has 0 heterocycles. The van der Waals surface area contributed by atoms with Crippen molar-refractivity contribution >= 4 is 11.8 Å². The normalized spacial score (nSPS) is 12.5. The summed E-state index contributed by atoms with van der Waals surface area (Å²) in [7, 11) is 0. The van der Waals surface area contributed by atoms with Gasteiger partial charge in [0, 0.05) is 19.0 Å². The number of carbonyl (C=O) groups is 2. The SMILES string of the molecule is CCC(=O)[C@@H](CCCNC(N)=O)NC(C)C. The third-order valence-electron chi connectivity index (χ3n) is 2.24. The number of nitrogens with two attached hydrogens (primary N) is 1. The number of hydrogen-bond donors (Lipinski definition) is 3. The average molecular weight is 229 g/mol. The summed E-state index contributed by atoms with van der Waals surface area (Å²) in [6, 6.07) is -0.348. The van der Waals surface area contributed by atoms with Crippen LogP contribution in [0.4, 0.5) is 4.79 Å². The zero-order chi connectivity index (χ0) is 12.6. The Balaban J connectivity index is 3.92. The van der Waals surface area contributed by atoms with Crippen LogP contribution in [0.3, 0.4) is 0 Å². The molecule has 0 aliphatic rings. The van der Waals surface area contributed by atoms with Crippen LogP contribution in [0.25, 0.3) is 0 Å². The second-order valence-corrected chi connectivity index (χ2v) is 4.13. The Hall–Kier alpha value is -1.10. The number of urea groups is 1. The molecule has 0 aromatic heterocycles. The van der Waals surface area contributed by atoms with Gasteiger partial charge in [-0.3, -0.25) is 4.79 Å². The zero-order valence-electron chi connectivity index (χ0n) is 10.4. The highest BCUT2D eigenvalue weighted by atomic mass is 16.2. The summed E-state index contributed by atoms with van der Waals surface area (Å²) in [5, 5.41) is 5.74. The van der Waals surface area contributed by atoms with Gasteiger partial charge in [-0.2, -0.15) is 0 Å². The van der Waals surface area contributed by atoms with Crippen molar-refractivity contribution in [3.05, 3.63) is 0 Å². The summed E-state index contributed by atoms with van der Waals surface area (Å²) in [5.41, 5.74) is 4.94. The summed E-state index contributed by atoms with van der Waals surface area (Å²) >= 11 is 0. The van der Waals surface area contributed by atoms with Crippen LogP contribution in [-0.4, -0.2) is 30.4 Å². The Morgan fingerprint density at radius 2 is 1.94 bits per heavy atom. The van der Waals surface area contributed by atoms with Gasteiger partial charge in [0.15, 0.2) is 0 Å². The lowest BCUT2D eigenvalue weighted by atomic mass is 10.0. The van der Waals surface area contributed by atoms with Crippen LogP contribution in [-0.2, 0) is 4.79 Å². The lowest BCUT2D eigenvalue weighted by molar-refractivity contribution is -0.121. The summed E-state index contributed by atoms with van der Waals surface area (Å²) in [6.45, 7) is 6.40. The highest BCUT2D eigenvalue weighted by molar-refractivity contribution is 5.83. The molecule has 0 radical (unpaired) electrons. The third kappa shape index (κ3) is 7.23. The topological polar surface area (TPSA) is 84.2 Å². The van der Waals surface area contributed by atoms with Crippen LogP contribution in [0, 0.1) is 0 Å². The molecule has 2 amide bonds. The van der Waals surface area contributed by atoms with Crippen molar-refractivity contribution in [1.82, 2.24) is 10.6 Å². The highest BCUT2D eigenvalue weighted by Crippen LogP contribution is 2.02. The maximum absolute atomic E-state index is 11.6. The first-order valence-electron chi connectivity index (χ1n) is 5.79.